The number of benzene rings is 1. The molecule has 0 aromatic heterocycles. The lowest BCUT2D eigenvalue weighted by Crippen LogP contribution is -2.22. The van der Waals surface area contributed by atoms with Crippen molar-refractivity contribution in [3.05, 3.63) is 46.7 Å². The van der Waals surface area contributed by atoms with Gasteiger partial charge in [0.2, 0.25) is 0 Å². The number of rotatable bonds is 7. The first-order valence-corrected chi connectivity index (χ1v) is 7.47. The Labute approximate surface area is 115 Å². The summed E-state index contributed by atoms with van der Waals surface area (Å²) < 4.78 is 14.4. The van der Waals surface area contributed by atoms with Gasteiger partial charge in [0.05, 0.1) is 0 Å². The molecule has 4 heteroatoms. The quantitative estimate of drug-likeness (QED) is 0.598. The monoisotopic (exact) mass is 317 g/mol. The van der Waals surface area contributed by atoms with Crippen molar-refractivity contribution in [3.8, 4) is 0 Å². The minimum absolute atomic E-state index is 0.0347. The Kier molecular flexibility index (Phi) is 6.85. The summed E-state index contributed by atoms with van der Waals surface area (Å²) in [5.41, 5.74) is 0.710. The zero-order valence-corrected chi connectivity index (χ0v) is 12.3. The van der Waals surface area contributed by atoms with Gasteiger partial charge < -0.3 is 5.32 Å². The molecular formula is C13H17BrFNS. The highest BCUT2D eigenvalue weighted by Gasteiger charge is 2.09. The predicted octanol–water partition coefficient (Wildman–Crippen LogP) is 4.16. The van der Waals surface area contributed by atoms with Gasteiger partial charge in [-0.3, -0.25) is 0 Å². The molecule has 1 N–H and O–H groups in total. The molecule has 1 atom stereocenters. The molecule has 0 aliphatic heterocycles. The molecule has 1 unspecified atom stereocenters. The van der Waals surface area contributed by atoms with Gasteiger partial charge in [-0.1, -0.05) is 28.1 Å². The Morgan fingerprint density at radius 2 is 2.35 bits per heavy atom. The first-order valence-electron chi connectivity index (χ1n) is 5.52. The van der Waals surface area contributed by atoms with Crippen molar-refractivity contribution < 1.29 is 4.39 Å². The van der Waals surface area contributed by atoms with E-state index in [0.29, 0.717) is 5.56 Å². The number of hydrogen-bond acceptors (Lipinski definition) is 2. The van der Waals surface area contributed by atoms with Gasteiger partial charge in [-0.25, -0.2) is 4.39 Å². The number of thioether (sulfide) groups is 1. The fourth-order valence-electron chi connectivity index (χ4n) is 1.48. The van der Waals surface area contributed by atoms with Crippen molar-refractivity contribution in [2.45, 2.75) is 13.0 Å². The van der Waals surface area contributed by atoms with Crippen LogP contribution >= 0.6 is 27.7 Å². The van der Waals surface area contributed by atoms with Crippen molar-refractivity contribution >= 4 is 27.7 Å². The maximum atomic E-state index is 13.6. The molecule has 0 amide bonds. The molecule has 0 aliphatic carbocycles. The molecule has 1 rings (SSSR count). The average molecular weight is 318 g/mol. The highest BCUT2D eigenvalue weighted by atomic mass is 79.9. The Morgan fingerprint density at radius 1 is 1.59 bits per heavy atom. The second kappa shape index (κ2) is 7.90. The first-order chi connectivity index (χ1) is 8.15. The van der Waals surface area contributed by atoms with Gasteiger partial charge in [-0.2, -0.15) is 11.8 Å². The molecule has 17 heavy (non-hydrogen) atoms. The van der Waals surface area contributed by atoms with Gasteiger partial charge in [0.25, 0.3) is 0 Å². The van der Waals surface area contributed by atoms with Gasteiger partial charge in [0, 0.05) is 34.1 Å². The van der Waals surface area contributed by atoms with Crippen LogP contribution in [-0.2, 0) is 0 Å². The van der Waals surface area contributed by atoms with Crippen molar-refractivity contribution in [2.24, 2.45) is 0 Å². The van der Waals surface area contributed by atoms with Crippen LogP contribution in [-0.4, -0.2) is 18.1 Å². The lowest BCUT2D eigenvalue weighted by atomic mass is 10.1. The fourth-order valence-corrected chi connectivity index (χ4v) is 2.41. The summed E-state index contributed by atoms with van der Waals surface area (Å²) in [7, 11) is 0. The van der Waals surface area contributed by atoms with Crippen molar-refractivity contribution in [1.29, 1.82) is 0 Å². The summed E-state index contributed by atoms with van der Waals surface area (Å²) in [5.74, 6) is 1.80. The van der Waals surface area contributed by atoms with E-state index in [4.69, 9.17) is 0 Å². The maximum Gasteiger partial charge on any atom is 0.129 e. The molecule has 1 aromatic carbocycles. The van der Waals surface area contributed by atoms with Crippen LogP contribution in [0.5, 0.6) is 0 Å². The average Bonchev–Trinajstić information content (AvgIpc) is 2.28. The molecule has 1 nitrogen and oxygen atoms in total. The van der Waals surface area contributed by atoms with Gasteiger partial charge in [0.15, 0.2) is 0 Å². The van der Waals surface area contributed by atoms with Gasteiger partial charge in [-0.05, 0) is 19.1 Å². The Bertz CT molecular complexity index is 370. The number of hydrogen-bond donors (Lipinski definition) is 1. The van der Waals surface area contributed by atoms with Crippen molar-refractivity contribution in [1.82, 2.24) is 5.32 Å². The zero-order chi connectivity index (χ0) is 12.7. The summed E-state index contributed by atoms with van der Waals surface area (Å²) in [4.78, 5) is 0. The van der Waals surface area contributed by atoms with E-state index in [0.717, 1.165) is 22.5 Å². The van der Waals surface area contributed by atoms with Crippen LogP contribution in [0.4, 0.5) is 4.39 Å². The number of nitrogens with one attached hydrogen (secondary N) is 1. The fraction of sp³-hybridized carbons (Fsp3) is 0.385. The molecule has 94 valence electrons. The van der Waals surface area contributed by atoms with Gasteiger partial charge >= 0.3 is 0 Å². The highest BCUT2D eigenvalue weighted by molar-refractivity contribution is 9.10. The summed E-state index contributed by atoms with van der Waals surface area (Å²) >= 11 is 5.07. The summed E-state index contributed by atoms with van der Waals surface area (Å²) in [5, 5.41) is 3.31. The Hall–Kier alpha value is -0.320. The third-order valence-corrected chi connectivity index (χ3v) is 3.82. The van der Waals surface area contributed by atoms with Crippen LogP contribution < -0.4 is 5.32 Å². The summed E-state index contributed by atoms with van der Waals surface area (Å²) in [6.45, 7) is 6.51. The SMILES string of the molecule is C=CCSCCNC(C)c1ccc(Br)cc1F. The highest BCUT2D eigenvalue weighted by Crippen LogP contribution is 2.20. The van der Waals surface area contributed by atoms with Crippen LogP contribution in [0.25, 0.3) is 0 Å². The molecular weight excluding hydrogens is 301 g/mol. The van der Waals surface area contributed by atoms with E-state index < -0.39 is 0 Å². The maximum absolute atomic E-state index is 13.6. The largest absolute Gasteiger partial charge is 0.309 e. The molecule has 0 radical (unpaired) electrons. The van der Waals surface area contributed by atoms with Crippen molar-refractivity contribution in [2.75, 3.05) is 18.1 Å². The third-order valence-electron chi connectivity index (χ3n) is 2.36. The van der Waals surface area contributed by atoms with E-state index in [1.165, 1.54) is 6.07 Å². The van der Waals surface area contributed by atoms with E-state index in [2.05, 4.69) is 27.8 Å². The van der Waals surface area contributed by atoms with Crippen LogP contribution in [0, 0.1) is 5.82 Å². The molecule has 0 bridgehead atoms. The lowest BCUT2D eigenvalue weighted by Gasteiger charge is -2.15. The van der Waals surface area contributed by atoms with E-state index in [-0.39, 0.29) is 11.9 Å². The van der Waals surface area contributed by atoms with Crippen LogP contribution in [0.15, 0.2) is 35.3 Å². The minimum Gasteiger partial charge on any atom is -0.309 e. The molecule has 0 heterocycles. The van der Waals surface area contributed by atoms with E-state index in [9.17, 15) is 4.39 Å². The minimum atomic E-state index is -0.168. The molecule has 0 aliphatic rings. The second-order valence-electron chi connectivity index (χ2n) is 3.71. The van der Waals surface area contributed by atoms with Crippen LogP contribution in [0.1, 0.15) is 18.5 Å². The summed E-state index contributed by atoms with van der Waals surface area (Å²) in [6, 6.07) is 5.21. The third kappa shape index (κ3) is 5.23. The Balaban J connectivity index is 2.41. The van der Waals surface area contributed by atoms with Gasteiger partial charge in [-0.15, -0.1) is 6.58 Å². The van der Waals surface area contributed by atoms with Gasteiger partial charge in [0.1, 0.15) is 5.82 Å². The normalized spacial score (nSPS) is 12.4. The predicted molar refractivity (Wildman–Crippen MR) is 78.0 cm³/mol. The number of halogens is 2. The standard InChI is InChI=1S/C13H17BrFNS/c1-3-7-17-8-6-16-10(2)12-5-4-11(14)9-13(12)15/h3-5,9-10,16H,1,6-8H2,2H3. The van der Waals surface area contributed by atoms with E-state index in [1.807, 2.05) is 36.9 Å². The molecule has 0 spiro atoms. The van der Waals surface area contributed by atoms with Crippen LogP contribution in [0.3, 0.4) is 0 Å². The molecule has 0 saturated carbocycles. The lowest BCUT2D eigenvalue weighted by molar-refractivity contribution is 0.542. The smallest absolute Gasteiger partial charge is 0.129 e. The first kappa shape index (κ1) is 14.7. The summed E-state index contributed by atoms with van der Waals surface area (Å²) in [6.07, 6.45) is 1.89. The van der Waals surface area contributed by atoms with Crippen molar-refractivity contribution in [3.63, 3.8) is 0 Å². The topological polar surface area (TPSA) is 12.0 Å². The molecule has 0 fully saturated rings. The molecule has 0 saturated heterocycles. The Morgan fingerprint density at radius 3 is 3.00 bits per heavy atom. The second-order valence-corrected chi connectivity index (χ2v) is 5.77. The van der Waals surface area contributed by atoms with E-state index in [1.54, 1.807) is 0 Å². The molecule has 1 aromatic rings. The van der Waals surface area contributed by atoms with E-state index >= 15 is 0 Å². The van der Waals surface area contributed by atoms with Crippen LogP contribution in [0.2, 0.25) is 0 Å². The zero-order valence-electron chi connectivity index (χ0n) is 9.88.